The van der Waals surface area contributed by atoms with E-state index in [9.17, 15) is 14.3 Å². The zero-order chi connectivity index (χ0) is 16.5. The maximum Gasteiger partial charge on any atom is 0.303 e. The second-order valence-electron chi connectivity index (χ2n) is 4.97. The molecule has 0 fully saturated rings. The maximum atomic E-state index is 13.1. The number of hydrogen-bond donors (Lipinski definition) is 2. The van der Waals surface area contributed by atoms with Crippen molar-refractivity contribution in [2.75, 3.05) is 11.4 Å². The molecule has 0 aliphatic heterocycles. The smallest absolute Gasteiger partial charge is 0.303 e. The summed E-state index contributed by atoms with van der Waals surface area (Å²) in [6.45, 7) is 4.06. The van der Waals surface area contributed by atoms with E-state index in [4.69, 9.17) is 5.11 Å². The molecule has 0 amide bonds. The van der Waals surface area contributed by atoms with Gasteiger partial charge in [-0.05, 0) is 51.0 Å². The minimum atomic E-state index is -0.820. The van der Waals surface area contributed by atoms with E-state index < -0.39 is 12.2 Å². The van der Waals surface area contributed by atoms with Gasteiger partial charge in [0.15, 0.2) is 0 Å². The zero-order valence-corrected chi connectivity index (χ0v) is 13.0. The number of carboxylic acids is 1. The summed E-state index contributed by atoms with van der Waals surface area (Å²) >= 11 is 0. The fourth-order valence-corrected chi connectivity index (χ4v) is 2.20. The van der Waals surface area contributed by atoms with E-state index >= 15 is 0 Å². The highest BCUT2D eigenvalue weighted by atomic mass is 19.1. The highest BCUT2D eigenvalue weighted by molar-refractivity contribution is 5.98. The maximum absolute atomic E-state index is 13.1. The molecule has 0 radical (unpaired) electrons. The van der Waals surface area contributed by atoms with E-state index in [2.05, 4.69) is 4.99 Å². The van der Waals surface area contributed by atoms with Crippen LogP contribution in [0.2, 0.25) is 0 Å². The summed E-state index contributed by atoms with van der Waals surface area (Å²) in [5, 5.41) is 18.7. The van der Waals surface area contributed by atoms with Crippen LogP contribution in [0.5, 0.6) is 0 Å². The van der Waals surface area contributed by atoms with Crippen LogP contribution in [0.3, 0.4) is 0 Å². The van der Waals surface area contributed by atoms with Crippen molar-refractivity contribution in [1.82, 2.24) is 0 Å². The fraction of sp³-hybridized carbons (Fsp3) is 0.500. The molecular weight excluding hydrogens is 287 g/mol. The Balaban J connectivity index is 2.86. The number of halogens is 1. The Morgan fingerprint density at radius 3 is 2.36 bits per heavy atom. The number of carbonyl (C=O) groups is 1. The number of anilines is 1. The minimum Gasteiger partial charge on any atom is -0.481 e. The third-order valence-electron chi connectivity index (χ3n) is 3.14. The number of aliphatic imine (C=N–C) groups is 1. The molecule has 1 aromatic carbocycles. The molecule has 0 spiro atoms. The Morgan fingerprint density at radius 2 is 1.86 bits per heavy atom. The lowest BCUT2D eigenvalue weighted by atomic mass is 10.1. The Kier molecular flexibility index (Phi) is 7.52. The minimum absolute atomic E-state index is 0.116. The molecule has 5 nitrogen and oxygen atoms in total. The van der Waals surface area contributed by atoms with Crippen molar-refractivity contribution in [3.63, 3.8) is 0 Å². The standard InChI is InChI=1S/C16H23FN2O3/c1-3-18-15(6-4-5-7-16(21)22)19(12(2)20)14-10-8-13(17)9-11-14/h8-12,20H,3-7H2,1-2H3,(H,21,22). The Bertz CT molecular complexity index is 501. The summed E-state index contributed by atoms with van der Waals surface area (Å²) in [5.74, 6) is -0.487. The number of carboxylic acid groups (broad SMARTS) is 1. The van der Waals surface area contributed by atoms with Crippen molar-refractivity contribution in [2.24, 2.45) is 4.99 Å². The van der Waals surface area contributed by atoms with Crippen molar-refractivity contribution in [3.8, 4) is 0 Å². The second-order valence-corrected chi connectivity index (χ2v) is 4.97. The number of hydrogen-bond acceptors (Lipinski definition) is 3. The molecule has 1 rings (SSSR count). The normalized spacial score (nSPS) is 13.0. The van der Waals surface area contributed by atoms with E-state index in [1.165, 1.54) is 12.1 Å². The first kappa shape index (κ1) is 18.1. The third-order valence-corrected chi connectivity index (χ3v) is 3.14. The number of amidine groups is 1. The Labute approximate surface area is 130 Å². The van der Waals surface area contributed by atoms with E-state index in [0.717, 1.165) is 0 Å². The molecule has 1 unspecified atom stereocenters. The van der Waals surface area contributed by atoms with E-state index in [0.29, 0.717) is 37.3 Å². The van der Waals surface area contributed by atoms with Crippen LogP contribution in [-0.2, 0) is 4.79 Å². The topological polar surface area (TPSA) is 73.1 Å². The van der Waals surface area contributed by atoms with Gasteiger partial charge in [-0.1, -0.05) is 0 Å². The summed E-state index contributed by atoms with van der Waals surface area (Å²) in [7, 11) is 0. The van der Waals surface area contributed by atoms with Gasteiger partial charge in [0, 0.05) is 25.1 Å². The van der Waals surface area contributed by atoms with Crippen LogP contribution < -0.4 is 4.90 Å². The van der Waals surface area contributed by atoms with Crippen molar-refractivity contribution >= 4 is 17.5 Å². The first-order valence-corrected chi connectivity index (χ1v) is 7.43. The van der Waals surface area contributed by atoms with Gasteiger partial charge >= 0.3 is 5.97 Å². The highest BCUT2D eigenvalue weighted by Crippen LogP contribution is 2.20. The lowest BCUT2D eigenvalue weighted by molar-refractivity contribution is -0.137. The summed E-state index contributed by atoms with van der Waals surface area (Å²) in [4.78, 5) is 16.6. The molecule has 0 bridgehead atoms. The lowest BCUT2D eigenvalue weighted by Gasteiger charge is -2.29. The van der Waals surface area contributed by atoms with Gasteiger partial charge < -0.3 is 15.1 Å². The molecular formula is C16H23FN2O3. The first-order chi connectivity index (χ1) is 10.5. The number of unbranched alkanes of at least 4 members (excludes halogenated alkanes) is 1. The van der Waals surface area contributed by atoms with Gasteiger partial charge in [0.1, 0.15) is 17.9 Å². The van der Waals surface area contributed by atoms with Crippen LogP contribution in [0.15, 0.2) is 29.3 Å². The van der Waals surface area contributed by atoms with Gasteiger partial charge in [-0.25, -0.2) is 4.39 Å². The molecule has 1 atom stereocenters. The quantitative estimate of drug-likeness (QED) is 0.335. The van der Waals surface area contributed by atoms with Gasteiger partial charge in [-0.3, -0.25) is 9.79 Å². The second kappa shape index (κ2) is 9.15. The van der Waals surface area contributed by atoms with Crippen molar-refractivity contribution in [3.05, 3.63) is 30.1 Å². The molecule has 0 aliphatic carbocycles. The van der Waals surface area contributed by atoms with Crippen LogP contribution in [0, 0.1) is 5.82 Å². The lowest BCUT2D eigenvalue weighted by Crippen LogP contribution is -2.39. The monoisotopic (exact) mass is 310 g/mol. The number of rotatable bonds is 8. The van der Waals surface area contributed by atoms with E-state index in [1.54, 1.807) is 24.0 Å². The zero-order valence-electron chi connectivity index (χ0n) is 13.0. The number of aliphatic hydroxyl groups is 1. The molecule has 1 aromatic rings. The van der Waals surface area contributed by atoms with Gasteiger partial charge in [0.05, 0.1) is 0 Å². The molecule has 6 heteroatoms. The van der Waals surface area contributed by atoms with E-state index in [-0.39, 0.29) is 12.2 Å². The van der Waals surface area contributed by atoms with Crippen LogP contribution >= 0.6 is 0 Å². The summed E-state index contributed by atoms with van der Waals surface area (Å²) in [6, 6.07) is 5.84. The molecule has 122 valence electrons. The molecule has 0 aliphatic rings. The summed E-state index contributed by atoms with van der Waals surface area (Å²) in [5.41, 5.74) is 0.654. The van der Waals surface area contributed by atoms with Crippen LogP contribution in [-0.4, -0.2) is 34.8 Å². The number of benzene rings is 1. The number of aliphatic hydroxyl groups excluding tert-OH is 1. The number of nitrogens with zero attached hydrogens (tertiary/aromatic N) is 2. The van der Waals surface area contributed by atoms with Gasteiger partial charge in [-0.2, -0.15) is 0 Å². The molecule has 0 heterocycles. The van der Waals surface area contributed by atoms with Gasteiger partial charge in [-0.15, -0.1) is 0 Å². The molecule has 0 saturated carbocycles. The SMILES string of the molecule is CCN=C(CCCCC(=O)O)N(c1ccc(F)cc1)C(C)O. The molecule has 2 N–H and O–H groups in total. The van der Waals surface area contributed by atoms with Crippen molar-refractivity contribution in [1.29, 1.82) is 0 Å². The average Bonchev–Trinajstić information content (AvgIpc) is 2.45. The van der Waals surface area contributed by atoms with Gasteiger partial charge in [0.25, 0.3) is 0 Å². The van der Waals surface area contributed by atoms with Crippen LogP contribution in [0.1, 0.15) is 39.5 Å². The van der Waals surface area contributed by atoms with Crippen molar-refractivity contribution in [2.45, 2.75) is 45.8 Å². The first-order valence-electron chi connectivity index (χ1n) is 7.43. The fourth-order valence-electron chi connectivity index (χ4n) is 2.20. The Morgan fingerprint density at radius 1 is 1.27 bits per heavy atom. The van der Waals surface area contributed by atoms with Crippen LogP contribution in [0.25, 0.3) is 0 Å². The van der Waals surface area contributed by atoms with Crippen molar-refractivity contribution < 1.29 is 19.4 Å². The number of aliphatic carboxylic acids is 1. The van der Waals surface area contributed by atoms with Gasteiger partial charge in [0.2, 0.25) is 0 Å². The van der Waals surface area contributed by atoms with Crippen LogP contribution in [0.4, 0.5) is 10.1 Å². The largest absolute Gasteiger partial charge is 0.481 e. The predicted octanol–water partition coefficient (Wildman–Crippen LogP) is 3.03. The molecule has 0 saturated heterocycles. The molecule has 0 aromatic heterocycles. The molecule has 22 heavy (non-hydrogen) atoms. The Hall–Kier alpha value is -1.95. The summed E-state index contributed by atoms with van der Waals surface area (Å²) < 4.78 is 13.1. The van der Waals surface area contributed by atoms with E-state index in [1.807, 2.05) is 6.92 Å². The third kappa shape index (κ3) is 5.81. The average molecular weight is 310 g/mol. The predicted molar refractivity (Wildman–Crippen MR) is 84.6 cm³/mol. The highest BCUT2D eigenvalue weighted by Gasteiger charge is 2.18. The summed E-state index contributed by atoms with van der Waals surface area (Å²) in [6.07, 6.45) is 1.08.